The molecule has 2 fully saturated rings. The maximum Gasteiger partial charge on any atom is 0.225 e. The number of benzene rings is 1. The summed E-state index contributed by atoms with van der Waals surface area (Å²) in [5.41, 5.74) is 0.608. The molecule has 0 spiro atoms. The summed E-state index contributed by atoms with van der Waals surface area (Å²) in [7, 11) is 0. The van der Waals surface area contributed by atoms with Crippen molar-refractivity contribution in [3.63, 3.8) is 0 Å². The molecule has 0 aromatic heterocycles. The molecular formula is C18H24FNO3. The van der Waals surface area contributed by atoms with Gasteiger partial charge < -0.3 is 14.7 Å². The predicted octanol–water partition coefficient (Wildman–Crippen LogP) is 2.00. The van der Waals surface area contributed by atoms with Crippen LogP contribution in [0, 0.1) is 17.7 Å². The van der Waals surface area contributed by atoms with Crippen LogP contribution >= 0.6 is 0 Å². The molecule has 0 radical (unpaired) electrons. The fourth-order valence-corrected chi connectivity index (χ4v) is 3.57. The molecule has 2 heterocycles. The van der Waals surface area contributed by atoms with Crippen molar-refractivity contribution in [1.82, 2.24) is 4.90 Å². The van der Waals surface area contributed by atoms with Gasteiger partial charge in [-0.1, -0.05) is 18.2 Å². The molecule has 2 saturated heterocycles. The van der Waals surface area contributed by atoms with Crippen LogP contribution in [0.2, 0.25) is 0 Å². The molecule has 23 heavy (non-hydrogen) atoms. The van der Waals surface area contributed by atoms with Crippen molar-refractivity contribution in [2.45, 2.75) is 31.8 Å². The van der Waals surface area contributed by atoms with Crippen LogP contribution in [-0.2, 0) is 16.0 Å². The summed E-state index contributed by atoms with van der Waals surface area (Å²) in [6.07, 6.45) is 2.10. The van der Waals surface area contributed by atoms with E-state index in [0.29, 0.717) is 44.7 Å². The first-order valence-corrected chi connectivity index (χ1v) is 8.43. The highest BCUT2D eigenvalue weighted by Crippen LogP contribution is 2.26. The highest BCUT2D eigenvalue weighted by molar-refractivity contribution is 5.79. The van der Waals surface area contributed by atoms with E-state index in [9.17, 15) is 14.3 Å². The molecule has 126 valence electrons. The fraction of sp³-hybridized carbons (Fsp3) is 0.611. The second-order valence-electron chi connectivity index (χ2n) is 6.58. The smallest absolute Gasteiger partial charge is 0.225 e. The van der Waals surface area contributed by atoms with Gasteiger partial charge in [-0.25, -0.2) is 4.39 Å². The zero-order valence-corrected chi connectivity index (χ0v) is 13.3. The van der Waals surface area contributed by atoms with Crippen LogP contribution in [0.3, 0.4) is 0 Å². The van der Waals surface area contributed by atoms with Crippen LogP contribution in [0.5, 0.6) is 0 Å². The number of amides is 1. The number of ether oxygens (including phenoxy) is 1. The molecule has 1 N–H and O–H groups in total. The van der Waals surface area contributed by atoms with E-state index in [4.69, 9.17) is 4.74 Å². The van der Waals surface area contributed by atoms with E-state index in [2.05, 4.69) is 0 Å². The van der Waals surface area contributed by atoms with E-state index in [1.54, 1.807) is 18.2 Å². The van der Waals surface area contributed by atoms with Crippen molar-refractivity contribution in [3.05, 3.63) is 35.6 Å². The van der Waals surface area contributed by atoms with Crippen LogP contribution in [0.15, 0.2) is 24.3 Å². The molecule has 2 aliphatic heterocycles. The third kappa shape index (κ3) is 3.90. The van der Waals surface area contributed by atoms with Crippen molar-refractivity contribution in [2.75, 3.05) is 26.3 Å². The first-order valence-electron chi connectivity index (χ1n) is 8.43. The maximum absolute atomic E-state index is 13.8. The van der Waals surface area contributed by atoms with Gasteiger partial charge in [0.05, 0.1) is 6.10 Å². The molecule has 1 amide bonds. The molecule has 0 unspecified atom stereocenters. The van der Waals surface area contributed by atoms with E-state index in [1.165, 1.54) is 6.07 Å². The van der Waals surface area contributed by atoms with Crippen LogP contribution in [0.1, 0.15) is 24.8 Å². The van der Waals surface area contributed by atoms with Crippen LogP contribution < -0.4 is 0 Å². The van der Waals surface area contributed by atoms with Crippen molar-refractivity contribution in [3.8, 4) is 0 Å². The minimum atomic E-state index is -0.478. The van der Waals surface area contributed by atoms with Gasteiger partial charge in [0.1, 0.15) is 5.82 Å². The normalized spacial score (nSPS) is 26.3. The van der Waals surface area contributed by atoms with Gasteiger partial charge in [0.2, 0.25) is 5.91 Å². The van der Waals surface area contributed by atoms with E-state index in [0.717, 1.165) is 12.8 Å². The lowest BCUT2D eigenvalue weighted by Crippen LogP contribution is -2.49. The number of carbonyl (C=O) groups excluding carboxylic acids is 1. The van der Waals surface area contributed by atoms with E-state index < -0.39 is 6.10 Å². The number of aliphatic hydroxyl groups excluding tert-OH is 1. The van der Waals surface area contributed by atoms with Crippen molar-refractivity contribution < 1.29 is 19.0 Å². The molecule has 3 rings (SSSR count). The largest absolute Gasteiger partial charge is 0.393 e. The number of aliphatic hydroxyl groups is 1. The standard InChI is InChI=1S/C18H24FNO3/c19-16-4-2-1-3-14(16)11-15-12-20(8-5-17(15)21)18(22)13-6-9-23-10-7-13/h1-4,13,15,17,21H,5-12H2/t15-,17-/m1/s1. The molecule has 2 atom stereocenters. The molecule has 1 aromatic carbocycles. The van der Waals surface area contributed by atoms with Gasteiger partial charge in [-0.3, -0.25) is 4.79 Å². The van der Waals surface area contributed by atoms with Gasteiger partial charge in [-0.2, -0.15) is 0 Å². The molecule has 0 aliphatic carbocycles. The Hall–Kier alpha value is -1.46. The number of piperidine rings is 1. The van der Waals surface area contributed by atoms with Crippen LogP contribution in [-0.4, -0.2) is 48.3 Å². The summed E-state index contributed by atoms with van der Waals surface area (Å²) in [5, 5.41) is 10.3. The average molecular weight is 321 g/mol. The highest BCUT2D eigenvalue weighted by Gasteiger charge is 2.34. The number of hydrogen-bond donors (Lipinski definition) is 1. The Labute approximate surface area is 136 Å². The Morgan fingerprint density at radius 2 is 2.00 bits per heavy atom. The lowest BCUT2D eigenvalue weighted by molar-refractivity contribution is -0.142. The molecule has 0 saturated carbocycles. The third-order valence-electron chi connectivity index (χ3n) is 5.02. The first kappa shape index (κ1) is 16.4. The average Bonchev–Trinajstić information content (AvgIpc) is 2.59. The number of likely N-dealkylation sites (tertiary alicyclic amines) is 1. The number of halogens is 1. The minimum absolute atomic E-state index is 0.0353. The molecule has 4 nitrogen and oxygen atoms in total. The van der Waals surface area contributed by atoms with Crippen molar-refractivity contribution >= 4 is 5.91 Å². The van der Waals surface area contributed by atoms with Gasteiger partial charge >= 0.3 is 0 Å². The molecule has 2 aliphatic rings. The van der Waals surface area contributed by atoms with Gasteiger partial charge in [0, 0.05) is 38.1 Å². The Bertz CT molecular complexity index is 545. The summed E-state index contributed by atoms with van der Waals surface area (Å²) in [5.74, 6) is -0.149. The lowest BCUT2D eigenvalue weighted by atomic mass is 9.87. The monoisotopic (exact) mass is 321 g/mol. The summed E-state index contributed by atoms with van der Waals surface area (Å²) in [6.45, 7) is 2.38. The molecular weight excluding hydrogens is 297 g/mol. The Balaban J connectivity index is 1.64. The SMILES string of the molecule is O=C(C1CCOCC1)N1CC[C@@H](O)[C@H](Cc2ccccc2F)C1. The first-order chi connectivity index (χ1) is 11.1. The zero-order chi connectivity index (χ0) is 16.2. The predicted molar refractivity (Wildman–Crippen MR) is 84.3 cm³/mol. The second-order valence-corrected chi connectivity index (χ2v) is 6.58. The quantitative estimate of drug-likeness (QED) is 0.926. The van der Waals surface area contributed by atoms with Gasteiger partial charge in [-0.15, -0.1) is 0 Å². The van der Waals surface area contributed by atoms with Crippen molar-refractivity contribution in [1.29, 1.82) is 0 Å². The van der Waals surface area contributed by atoms with Crippen LogP contribution in [0.4, 0.5) is 4.39 Å². The summed E-state index contributed by atoms with van der Waals surface area (Å²) in [6, 6.07) is 6.66. The van der Waals surface area contributed by atoms with Gasteiger partial charge in [0.25, 0.3) is 0 Å². The number of carbonyl (C=O) groups is 1. The van der Waals surface area contributed by atoms with E-state index in [-0.39, 0.29) is 23.6 Å². The Morgan fingerprint density at radius 3 is 2.74 bits per heavy atom. The topological polar surface area (TPSA) is 49.8 Å². The lowest BCUT2D eigenvalue weighted by Gasteiger charge is -2.38. The Kier molecular flexibility index (Phi) is 5.28. The van der Waals surface area contributed by atoms with Gasteiger partial charge in [-0.05, 0) is 37.3 Å². The van der Waals surface area contributed by atoms with E-state index >= 15 is 0 Å². The van der Waals surface area contributed by atoms with E-state index in [1.807, 2.05) is 4.90 Å². The Morgan fingerprint density at radius 1 is 1.26 bits per heavy atom. The van der Waals surface area contributed by atoms with Gasteiger partial charge in [0.15, 0.2) is 0 Å². The van der Waals surface area contributed by atoms with Crippen LogP contribution in [0.25, 0.3) is 0 Å². The fourth-order valence-electron chi connectivity index (χ4n) is 3.57. The maximum atomic E-state index is 13.8. The van der Waals surface area contributed by atoms with Crippen molar-refractivity contribution in [2.24, 2.45) is 11.8 Å². The third-order valence-corrected chi connectivity index (χ3v) is 5.02. The number of hydrogen-bond acceptors (Lipinski definition) is 3. The summed E-state index contributed by atoms with van der Waals surface area (Å²) < 4.78 is 19.2. The molecule has 1 aromatic rings. The zero-order valence-electron chi connectivity index (χ0n) is 13.3. The summed E-state index contributed by atoms with van der Waals surface area (Å²) in [4.78, 5) is 14.5. The molecule has 5 heteroatoms. The summed E-state index contributed by atoms with van der Waals surface area (Å²) >= 11 is 0. The minimum Gasteiger partial charge on any atom is -0.393 e. The second kappa shape index (κ2) is 7.41. The number of nitrogens with zero attached hydrogens (tertiary/aromatic N) is 1. The number of rotatable bonds is 3. The molecule has 0 bridgehead atoms. The highest BCUT2D eigenvalue weighted by atomic mass is 19.1.